The number of thiazole rings is 1. The topological polar surface area (TPSA) is 51.2 Å². The van der Waals surface area contributed by atoms with Crippen molar-refractivity contribution in [1.82, 2.24) is 4.98 Å². The monoisotopic (exact) mass is 290 g/mol. The summed E-state index contributed by atoms with van der Waals surface area (Å²) >= 11 is 1.71. The van der Waals surface area contributed by atoms with E-state index in [1.165, 1.54) is 12.0 Å². The average Bonchev–Trinajstić information content (AvgIpc) is 2.93. The largest absolute Gasteiger partial charge is 0.465 e. The molecule has 0 bridgehead atoms. The predicted octanol–water partition coefficient (Wildman–Crippen LogP) is 3.41. The van der Waals surface area contributed by atoms with E-state index >= 15 is 0 Å². The Morgan fingerprint density at radius 2 is 2.25 bits per heavy atom. The number of aryl methyl sites for hydroxylation is 1. The van der Waals surface area contributed by atoms with Crippen LogP contribution in [0.3, 0.4) is 0 Å². The van der Waals surface area contributed by atoms with Crippen LogP contribution < -0.4 is 5.32 Å². The summed E-state index contributed by atoms with van der Waals surface area (Å²) in [7, 11) is 1.39. The van der Waals surface area contributed by atoms with Gasteiger partial charge in [0.05, 0.1) is 24.2 Å². The molecule has 0 spiro atoms. The van der Waals surface area contributed by atoms with Gasteiger partial charge >= 0.3 is 5.97 Å². The molecule has 4 nitrogen and oxygen atoms in total. The molecule has 20 heavy (non-hydrogen) atoms. The first kappa shape index (κ1) is 14.5. The van der Waals surface area contributed by atoms with Crippen molar-refractivity contribution in [2.45, 2.75) is 26.8 Å². The fourth-order valence-corrected chi connectivity index (χ4v) is 2.74. The molecule has 106 valence electrons. The molecule has 0 aliphatic rings. The van der Waals surface area contributed by atoms with E-state index in [0.717, 1.165) is 22.7 Å². The van der Waals surface area contributed by atoms with Crippen LogP contribution in [0.25, 0.3) is 0 Å². The van der Waals surface area contributed by atoms with Gasteiger partial charge in [-0.2, -0.15) is 0 Å². The molecule has 2 aromatic rings. The van der Waals surface area contributed by atoms with Crippen molar-refractivity contribution in [3.63, 3.8) is 0 Å². The van der Waals surface area contributed by atoms with Gasteiger partial charge in [-0.25, -0.2) is 9.78 Å². The van der Waals surface area contributed by atoms with Crippen molar-refractivity contribution in [3.05, 3.63) is 45.4 Å². The Morgan fingerprint density at radius 3 is 2.90 bits per heavy atom. The van der Waals surface area contributed by atoms with Gasteiger partial charge in [-0.3, -0.25) is 0 Å². The zero-order valence-electron chi connectivity index (χ0n) is 11.9. The van der Waals surface area contributed by atoms with Crippen molar-refractivity contribution in [1.29, 1.82) is 0 Å². The summed E-state index contributed by atoms with van der Waals surface area (Å²) < 4.78 is 4.78. The van der Waals surface area contributed by atoms with Gasteiger partial charge in [0, 0.05) is 16.8 Å². The molecule has 0 saturated heterocycles. The van der Waals surface area contributed by atoms with Crippen molar-refractivity contribution in [2.75, 3.05) is 12.4 Å². The van der Waals surface area contributed by atoms with Crippen LogP contribution in [0.4, 0.5) is 5.69 Å². The van der Waals surface area contributed by atoms with E-state index in [2.05, 4.69) is 17.2 Å². The third kappa shape index (κ3) is 3.17. The first-order chi connectivity index (χ1) is 9.65. The third-order valence-electron chi connectivity index (χ3n) is 3.10. The maximum atomic E-state index is 11.6. The normalized spacial score (nSPS) is 10.3. The van der Waals surface area contributed by atoms with E-state index < -0.39 is 0 Å². The maximum absolute atomic E-state index is 11.6. The maximum Gasteiger partial charge on any atom is 0.338 e. The summed E-state index contributed by atoms with van der Waals surface area (Å²) in [5, 5.41) is 4.49. The van der Waals surface area contributed by atoms with Gasteiger partial charge in [-0.15, -0.1) is 11.3 Å². The lowest BCUT2D eigenvalue weighted by atomic mass is 10.1. The second kappa shape index (κ2) is 6.52. The molecule has 5 heteroatoms. The van der Waals surface area contributed by atoms with Crippen LogP contribution in [0, 0.1) is 6.92 Å². The number of carbonyl (C=O) groups is 1. The number of benzene rings is 1. The number of hydrogen-bond acceptors (Lipinski definition) is 5. The Labute approximate surface area is 122 Å². The zero-order valence-corrected chi connectivity index (χ0v) is 12.7. The van der Waals surface area contributed by atoms with Crippen molar-refractivity contribution in [3.8, 4) is 0 Å². The minimum absolute atomic E-state index is 0.308. The lowest BCUT2D eigenvalue weighted by Gasteiger charge is -2.11. The van der Waals surface area contributed by atoms with Crippen LogP contribution in [-0.2, 0) is 17.7 Å². The predicted molar refractivity (Wildman–Crippen MR) is 81.3 cm³/mol. The summed E-state index contributed by atoms with van der Waals surface area (Å²) in [6.07, 6.45) is 2.86. The molecule has 0 fully saturated rings. The molecule has 0 saturated carbocycles. The van der Waals surface area contributed by atoms with Crippen molar-refractivity contribution < 1.29 is 9.53 Å². The molecular weight excluding hydrogens is 272 g/mol. The second-order valence-corrected chi connectivity index (χ2v) is 5.60. The Hall–Kier alpha value is -1.88. The molecule has 2 rings (SSSR count). The number of nitrogens with one attached hydrogen (secondary N) is 1. The van der Waals surface area contributed by atoms with E-state index in [1.807, 2.05) is 25.3 Å². The van der Waals surface area contributed by atoms with Gasteiger partial charge in [0.25, 0.3) is 0 Å². The molecule has 1 heterocycles. The molecular formula is C15H18N2O2S. The Kier molecular flexibility index (Phi) is 4.74. The van der Waals surface area contributed by atoms with E-state index in [4.69, 9.17) is 4.74 Å². The highest BCUT2D eigenvalue weighted by molar-refractivity contribution is 7.11. The van der Waals surface area contributed by atoms with E-state index in [-0.39, 0.29) is 5.97 Å². The number of nitrogens with zero attached hydrogens (tertiary/aromatic N) is 1. The minimum Gasteiger partial charge on any atom is -0.465 e. The molecule has 1 N–H and O–H groups in total. The minimum atomic E-state index is -0.308. The van der Waals surface area contributed by atoms with Gasteiger partial charge in [0.15, 0.2) is 0 Å². The highest BCUT2D eigenvalue weighted by atomic mass is 32.1. The van der Waals surface area contributed by atoms with Gasteiger partial charge in [0.1, 0.15) is 0 Å². The summed E-state index contributed by atoms with van der Waals surface area (Å²) in [6.45, 7) is 4.72. The number of methoxy groups -OCH3 is 1. The van der Waals surface area contributed by atoms with E-state index in [9.17, 15) is 4.79 Å². The van der Waals surface area contributed by atoms with E-state index in [1.54, 1.807) is 17.4 Å². The highest BCUT2D eigenvalue weighted by Crippen LogP contribution is 2.21. The molecule has 0 aliphatic heterocycles. The smallest absolute Gasteiger partial charge is 0.338 e. The third-order valence-corrected chi connectivity index (χ3v) is 4.24. The van der Waals surface area contributed by atoms with Gasteiger partial charge in [-0.1, -0.05) is 13.0 Å². The average molecular weight is 290 g/mol. The van der Waals surface area contributed by atoms with Gasteiger partial charge in [-0.05, 0) is 31.0 Å². The number of anilines is 1. The van der Waals surface area contributed by atoms with Crippen LogP contribution in [0.1, 0.15) is 32.7 Å². The lowest BCUT2D eigenvalue weighted by molar-refractivity contribution is 0.0600. The molecule has 1 aromatic carbocycles. The Morgan fingerprint density at radius 1 is 1.45 bits per heavy atom. The van der Waals surface area contributed by atoms with Crippen LogP contribution in [-0.4, -0.2) is 18.1 Å². The van der Waals surface area contributed by atoms with Crippen LogP contribution in [0.5, 0.6) is 0 Å². The molecule has 0 atom stereocenters. The number of ether oxygens (including phenoxy) is 1. The number of hydrogen-bond donors (Lipinski definition) is 1. The summed E-state index contributed by atoms with van der Waals surface area (Å²) in [4.78, 5) is 17.2. The quantitative estimate of drug-likeness (QED) is 0.857. The Bertz CT molecular complexity index is 608. The number of carbonyl (C=O) groups excluding carboxylic acids is 1. The molecule has 0 unspecified atom stereocenters. The van der Waals surface area contributed by atoms with Gasteiger partial charge < -0.3 is 10.1 Å². The lowest BCUT2D eigenvalue weighted by Crippen LogP contribution is -2.07. The second-order valence-electron chi connectivity index (χ2n) is 4.40. The number of rotatable bonds is 5. The van der Waals surface area contributed by atoms with Crippen molar-refractivity contribution in [2.24, 2.45) is 0 Å². The van der Waals surface area contributed by atoms with Crippen LogP contribution in [0.15, 0.2) is 24.4 Å². The zero-order chi connectivity index (χ0) is 14.5. The van der Waals surface area contributed by atoms with Crippen LogP contribution in [0.2, 0.25) is 0 Å². The number of aromatic nitrogens is 1. The molecule has 0 amide bonds. The Balaban J connectivity index is 2.11. The highest BCUT2D eigenvalue weighted by Gasteiger charge is 2.11. The SMILES string of the molecule is CCc1ncc(CNc2cccc(C(=O)OC)c2C)s1. The first-order valence-corrected chi connectivity index (χ1v) is 7.32. The molecule has 1 aromatic heterocycles. The van der Waals surface area contributed by atoms with Gasteiger partial charge in [0.2, 0.25) is 0 Å². The van der Waals surface area contributed by atoms with Crippen LogP contribution >= 0.6 is 11.3 Å². The molecule has 0 aliphatic carbocycles. The fourth-order valence-electron chi connectivity index (χ4n) is 1.93. The van der Waals surface area contributed by atoms with Crippen molar-refractivity contribution >= 4 is 23.0 Å². The fraction of sp³-hybridized carbons (Fsp3) is 0.333. The van der Waals surface area contributed by atoms with E-state index in [0.29, 0.717) is 12.1 Å². The first-order valence-electron chi connectivity index (χ1n) is 6.51. The summed E-state index contributed by atoms with van der Waals surface area (Å²) in [5.74, 6) is -0.308. The standard InChI is InChI=1S/C15H18N2O2S/c1-4-14-17-9-11(20-14)8-16-13-7-5-6-12(10(13)2)15(18)19-3/h5-7,9,16H,4,8H2,1-3H3. The summed E-state index contributed by atoms with van der Waals surface area (Å²) in [6, 6.07) is 5.59. The summed E-state index contributed by atoms with van der Waals surface area (Å²) in [5.41, 5.74) is 2.44. The molecule has 0 radical (unpaired) electrons. The number of esters is 1.